The summed E-state index contributed by atoms with van der Waals surface area (Å²) in [6, 6.07) is 0. The molecule has 0 aliphatic rings. The van der Waals surface area contributed by atoms with Gasteiger partial charge in [-0.3, -0.25) is 0 Å². The van der Waals surface area contributed by atoms with Gasteiger partial charge in [-0.05, 0) is 19.3 Å². The van der Waals surface area contributed by atoms with Gasteiger partial charge in [0.2, 0.25) is 0 Å². The topological polar surface area (TPSA) is 67.8 Å². The summed E-state index contributed by atoms with van der Waals surface area (Å²) in [5.41, 5.74) is 5.33. The maximum atomic E-state index is 8.29. The largest absolute Gasteiger partial charge is 0.409 e. The summed E-state index contributed by atoms with van der Waals surface area (Å²) >= 11 is 0. The monoisotopic (exact) mass is 216 g/mol. The molecular formula is C11H24N2O2. The second kappa shape index (κ2) is 11.3. The van der Waals surface area contributed by atoms with Gasteiger partial charge in [0, 0.05) is 19.6 Å². The Kier molecular flexibility index (Phi) is 10.7. The third-order valence-electron chi connectivity index (χ3n) is 2.24. The summed E-state index contributed by atoms with van der Waals surface area (Å²) in [5.74, 6) is 0.304. The summed E-state index contributed by atoms with van der Waals surface area (Å²) in [4.78, 5) is 0. The van der Waals surface area contributed by atoms with Crippen molar-refractivity contribution in [1.29, 1.82) is 0 Å². The van der Waals surface area contributed by atoms with Gasteiger partial charge in [0.1, 0.15) is 5.84 Å². The zero-order valence-corrected chi connectivity index (χ0v) is 9.74. The number of oxime groups is 1. The van der Waals surface area contributed by atoms with Crippen molar-refractivity contribution in [2.24, 2.45) is 10.9 Å². The molecule has 0 saturated heterocycles. The molecule has 0 aliphatic carbocycles. The van der Waals surface area contributed by atoms with E-state index in [1.54, 1.807) is 0 Å². The van der Waals surface area contributed by atoms with Crippen LogP contribution in [0.4, 0.5) is 0 Å². The van der Waals surface area contributed by atoms with Gasteiger partial charge in [0.15, 0.2) is 0 Å². The molecule has 4 nitrogen and oxygen atoms in total. The van der Waals surface area contributed by atoms with Crippen molar-refractivity contribution in [1.82, 2.24) is 0 Å². The maximum Gasteiger partial charge on any atom is 0.139 e. The van der Waals surface area contributed by atoms with E-state index in [1.165, 1.54) is 19.3 Å². The molecule has 0 aromatic rings. The van der Waals surface area contributed by atoms with Crippen LogP contribution in [0.15, 0.2) is 5.16 Å². The minimum Gasteiger partial charge on any atom is -0.409 e. The lowest BCUT2D eigenvalue weighted by Crippen LogP contribution is -2.11. The maximum absolute atomic E-state index is 8.29. The quantitative estimate of drug-likeness (QED) is 0.194. The standard InChI is InChI=1S/C11H24N2O2/c1-2-3-4-6-9-15-10-7-5-8-11(12)13-14/h14H,2-10H2,1H3,(H2,12,13). The minimum absolute atomic E-state index is 0.304. The number of hydrogen-bond acceptors (Lipinski definition) is 3. The van der Waals surface area contributed by atoms with Crippen molar-refractivity contribution in [3.63, 3.8) is 0 Å². The van der Waals surface area contributed by atoms with Crippen LogP contribution >= 0.6 is 0 Å². The fraction of sp³-hybridized carbons (Fsp3) is 0.909. The lowest BCUT2D eigenvalue weighted by atomic mass is 10.2. The van der Waals surface area contributed by atoms with Crippen LogP contribution in [0.3, 0.4) is 0 Å². The van der Waals surface area contributed by atoms with Gasteiger partial charge in [-0.25, -0.2) is 0 Å². The normalized spacial score (nSPS) is 11.9. The molecule has 90 valence electrons. The minimum atomic E-state index is 0.304. The van der Waals surface area contributed by atoms with Crippen molar-refractivity contribution < 1.29 is 9.94 Å². The van der Waals surface area contributed by atoms with Gasteiger partial charge in [0.25, 0.3) is 0 Å². The SMILES string of the molecule is CCCCCCOCCCC/C(N)=N/O. The summed E-state index contributed by atoms with van der Waals surface area (Å²) in [5, 5.41) is 11.2. The molecule has 3 N–H and O–H groups in total. The van der Waals surface area contributed by atoms with Crippen LogP contribution in [-0.4, -0.2) is 24.3 Å². The lowest BCUT2D eigenvalue weighted by molar-refractivity contribution is 0.126. The third kappa shape index (κ3) is 11.2. The van der Waals surface area contributed by atoms with Crippen LogP contribution in [0, 0.1) is 0 Å². The van der Waals surface area contributed by atoms with Crippen LogP contribution < -0.4 is 5.73 Å². The van der Waals surface area contributed by atoms with Crippen LogP contribution in [-0.2, 0) is 4.74 Å². The Hall–Kier alpha value is -0.770. The first-order chi connectivity index (χ1) is 7.31. The molecular weight excluding hydrogens is 192 g/mol. The van der Waals surface area contributed by atoms with E-state index >= 15 is 0 Å². The third-order valence-corrected chi connectivity index (χ3v) is 2.24. The highest BCUT2D eigenvalue weighted by molar-refractivity contribution is 5.79. The Bertz CT molecular complexity index is 161. The molecule has 0 aliphatic heterocycles. The van der Waals surface area contributed by atoms with E-state index < -0.39 is 0 Å². The summed E-state index contributed by atoms with van der Waals surface area (Å²) in [7, 11) is 0. The highest BCUT2D eigenvalue weighted by atomic mass is 16.5. The average Bonchev–Trinajstić information content (AvgIpc) is 2.26. The Morgan fingerprint density at radius 2 is 1.80 bits per heavy atom. The van der Waals surface area contributed by atoms with E-state index in [1.807, 2.05) is 0 Å². The first-order valence-electron chi connectivity index (χ1n) is 5.85. The fourth-order valence-electron chi connectivity index (χ4n) is 1.29. The molecule has 0 fully saturated rings. The van der Waals surface area contributed by atoms with Crippen molar-refractivity contribution in [3.05, 3.63) is 0 Å². The zero-order chi connectivity index (χ0) is 11.4. The van der Waals surface area contributed by atoms with Gasteiger partial charge in [0.05, 0.1) is 0 Å². The second-order valence-electron chi connectivity index (χ2n) is 3.72. The van der Waals surface area contributed by atoms with Gasteiger partial charge in [-0.2, -0.15) is 0 Å². The van der Waals surface area contributed by atoms with Gasteiger partial charge in [-0.15, -0.1) is 0 Å². The Morgan fingerprint density at radius 1 is 1.13 bits per heavy atom. The van der Waals surface area contributed by atoms with Crippen LogP contribution in [0.25, 0.3) is 0 Å². The van der Waals surface area contributed by atoms with E-state index in [2.05, 4.69) is 12.1 Å². The number of nitrogens with zero attached hydrogens (tertiary/aromatic N) is 1. The summed E-state index contributed by atoms with van der Waals surface area (Å²) in [6.45, 7) is 3.85. The van der Waals surface area contributed by atoms with Gasteiger partial charge < -0.3 is 15.7 Å². The van der Waals surface area contributed by atoms with Crippen molar-refractivity contribution in [3.8, 4) is 0 Å². The zero-order valence-electron chi connectivity index (χ0n) is 9.74. The Morgan fingerprint density at radius 3 is 2.40 bits per heavy atom. The van der Waals surface area contributed by atoms with Crippen LogP contribution in [0.1, 0.15) is 51.9 Å². The number of unbranched alkanes of at least 4 members (excludes halogenated alkanes) is 4. The molecule has 0 aromatic carbocycles. The highest BCUT2D eigenvalue weighted by Gasteiger charge is 1.94. The molecule has 15 heavy (non-hydrogen) atoms. The number of hydrogen-bond donors (Lipinski definition) is 2. The average molecular weight is 216 g/mol. The fourth-order valence-corrected chi connectivity index (χ4v) is 1.29. The molecule has 4 heteroatoms. The van der Waals surface area contributed by atoms with E-state index in [4.69, 9.17) is 15.7 Å². The first kappa shape index (κ1) is 14.2. The van der Waals surface area contributed by atoms with Gasteiger partial charge >= 0.3 is 0 Å². The molecule has 0 bridgehead atoms. The smallest absolute Gasteiger partial charge is 0.139 e. The molecule has 0 aromatic heterocycles. The highest BCUT2D eigenvalue weighted by Crippen LogP contribution is 2.00. The Balaban J connectivity index is 2.99. The predicted molar refractivity (Wildman–Crippen MR) is 62.2 cm³/mol. The first-order valence-corrected chi connectivity index (χ1v) is 5.85. The van der Waals surface area contributed by atoms with Crippen LogP contribution in [0.2, 0.25) is 0 Å². The molecule has 0 unspecified atom stereocenters. The summed E-state index contributed by atoms with van der Waals surface area (Å²) < 4.78 is 5.45. The molecule has 0 atom stereocenters. The van der Waals surface area contributed by atoms with E-state index in [9.17, 15) is 0 Å². The van der Waals surface area contributed by atoms with E-state index in [0.29, 0.717) is 12.3 Å². The molecule has 0 amide bonds. The van der Waals surface area contributed by atoms with Crippen molar-refractivity contribution in [2.45, 2.75) is 51.9 Å². The summed E-state index contributed by atoms with van der Waals surface area (Å²) in [6.07, 6.45) is 7.53. The Labute approximate surface area is 92.5 Å². The molecule has 0 spiro atoms. The number of nitrogens with two attached hydrogens (primary N) is 1. The van der Waals surface area contributed by atoms with E-state index in [0.717, 1.165) is 32.5 Å². The number of ether oxygens (including phenoxy) is 1. The number of amidine groups is 1. The van der Waals surface area contributed by atoms with Crippen molar-refractivity contribution >= 4 is 5.84 Å². The predicted octanol–water partition coefficient (Wildman–Crippen LogP) is 2.50. The van der Waals surface area contributed by atoms with Crippen LogP contribution in [0.5, 0.6) is 0 Å². The molecule has 0 radical (unpaired) electrons. The number of rotatable bonds is 10. The van der Waals surface area contributed by atoms with Crippen molar-refractivity contribution in [2.75, 3.05) is 13.2 Å². The lowest BCUT2D eigenvalue weighted by Gasteiger charge is -2.03. The second-order valence-corrected chi connectivity index (χ2v) is 3.72. The van der Waals surface area contributed by atoms with E-state index in [-0.39, 0.29) is 0 Å². The molecule has 0 rings (SSSR count). The van der Waals surface area contributed by atoms with Gasteiger partial charge in [-0.1, -0.05) is 31.3 Å². The molecule has 0 heterocycles. The molecule has 0 saturated carbocycles.